The molecule has 0 amide bonds. The number of nitrogens with one attached hydrogen (secondary N) is 1. The highest BCUT2D eigenvalue weighted by Crippen LogP contribution is 2.20. The van der Waals surface area contributed by atoms with Gasteiger partial charge in [0.15, 0.2) is 5.11 Å². The molecule has 1 aromatic carbocycles. The van der Waals surface area contributed by atoms with Crippen molar-refractivity contribution in [3.63, 3.8) is 0 Å². The van der Waals surface area contributed by atoms with Gasteiger partial charge in [0.1, 0.15) is 12.4 Å². The van der Waals surface area contributed by atoms with Crippen LogP contribution in [0.2, 0.25) is 0 Å². The first kappa shape index (κ1) is 11.8. The summed E-state index contributed by atoms with van der Waals surface area (Å²) in [6.07, 6.45) is 0. The number of ether oxygens (including phenoxy) is 1. The number of hydrogen-bond donors (Lipinski definition) is 2. The molecule has 0 aromatic heterocycles. The molecule has 3 N–H and O–H groups in total. The van der Waals surface area contributed by atoms with Crippen molar-refractivity contribution in [2.75, 3.05) is 13.2 Å². The number of rotatable bonds is 4. The third kappa shape index (κ3) is 3.75. The Morgan fingerprint density at radius 1 is 1.47 bits per heavy atom. The normalized spacial score (nSPS) is 9.73. The second-order valence-electron chi connectivity index (χ2n) is 3.34. The fraction of sp³-hybridized carbons (Fsp3) is 0.364. The monoisotopic (exact) mass is 224 g/mol. The Bertz CT molecular complexity index is 352. The van der Waals surface area contributed by atoms with Gasteiger partial charge in [0.05, 0.1) is 6.54 Å². The van der Waals surface area contributed by atoms with E-state index in [2.05, 4.69) is 30.5 Å². The van der Waals surface area contributed by atoms with Crippen molar-refractivity contribution in [2.24, 2.45) is 5.73 Å². The minimum atomic E-state index is 0.305. The Kier molecular flexibility index (Phi) is 4.37. The molecule has 0 heterocycles. The minimum Gasteiger partial charge on any atom is -0.491 e. The maximum Gasteiger partial charge on any atom is 0.163 e. The second kappa shape index (κ2) is 5.56. The molecule has 0 spiro atoms. The van der Waals surface area contributed by atoms with Gasteiger partial charge < -0.3 is 15.8 Å². The summed E-state index contributed by atoms with van der Waals surface area (Å²) in [4.78, 5) is 0. The Balaban J connectivity index is 2.44. The van der Waals surface area contributed by atoms with E-state index in [1.807, 2.05) is 19.1 Å². The van der Waals surface area contributed by atoms with E-state index in [1.54, 1.807) is 0 Å². The summed E-state index contributed by atoms with van der Waals surface area (Å²) in [6.45, 7) is 5.30. The smallest absolute Gasteiger partial charge is 0.163 e. The van der Waals surface area contributed by atoms with Crippen molar-refractivity contribution >= 4 is 17.3 Å². The summed E-state index contributed by atoms with van der Waals surface area (Å²) >= 11 is 4.68. The number of nitrogens with two attached hydrogens (primary N) is 1. The van der Waals surface area contributed by atoms with Gasteiger partial charge in [0, 0.05) is 0 Å². The van der Waals surface area contributed by atoms with Crippen LogP contribution in [0.4, 0.5) is 0 Å². The lowest BCUT2D eigenvalue weighted by molar-refractivity contribution is 0.320. The van der Waals surface area contributed by atoms with Gasteiger partial charge in [-0.05, 0) is 43.3 Å². The molecule has 0 aliphatic rings. The summed E-state index contributed by atoms with van der Waals surface area (Å²) in [5.74, 6) is 0.916. The van der Waals surface area contributed by atoms with E-state index >= 15 is 0 Å². The van der Waals surface area contributed by atoms with Gasteiger partial charge in [-0.25, -0.2) is 0 Å². The molecule has 0 saturated carbocycles. The van der Waals surface area contributed by atoms with Crippen LogP contribution in [0.15, 0.2) is 18.2 Å². The zero-order valence-corrected chi connectivity index (χ0v) is 9.86. The molecular weight excluding hydrogens is 208 g/mol. The number of benzene rings is 1. The van der Waals surface area contributed by atoms with Crippen LogP contribution in [-0.2, 0) is 0 Å². The molecule has 0 bridgehead atoms. The SMILES string of the molecule is Cc1cccc(OCCNC(N)=S)c1C. The Morgan fingerprint density at radius 2 is 2.20 bits per heavy atom. The quantitative estimate of drug-likeness (QED) is 0.601. The van der Waals surface area contributed by atoms with E-state index in [4.69, 9.17) is 10.5 Å². The fourth-order valence-corrected chi connectivity index (χ4v) is 1.32. The summed E-state index contributed by atoms with van der Waals surface area (Å²) < 4.78 is 5.59. The molecule has 0 unspecified atom stereocenters. The van der Waals surface area contributed by atoms with Crippen molar-refractivity contribution in [3.8, 4) is 5.75 Å². The maximum absolute atomic E-state index is 5.59. The third-order valence-electron chi connectivity index (χ3n) is 2.21. The van der Waals surface area contributed by atoms with Gasteiger partial charge in [0.2, 0.25) is 0 Å². The molecule has 0 fully saturated rings. The van der Waals surface area contributed by atoms with Crippen LogP contribution in [0.3, 0.4) is 0 Å². The highest BCUT2D eigenvalue weighted by molar-refractivity contribution is 7.80. The fourth-order valence-electron chi connectivity index (χ4n) is 1.22. The van der Waals surface area contributed by atoms with Gasteiger partial charge in [-0.2, -0.15) is 0 Å². The van der Waals surface area contributed by atoms with Crippen LogP contribution in [0.5, 0.6) is 5.75 Å². The van der Waals surface area contributed by atoms with Gasteiger partial charge in [0.25, 0.3) is 0 Å². The predicted octanol–water partition coefficient (Wildman–Crippen LogP) is 1.52. The van der Waals surface area contributed by atoms with Crippen molar-refractivity contribution < 1.29 is 4.74 Å². The summed E-state index contributed by atoms with van der Waals surface area (Å²) in [5.41, 5.74) is 7.70. The van der Waals surface area contributed by atoms with Gasteiger partial charge in [-0.1, -0.05) is 12.1 Å². The molecule has 0 aliphatic carbocycles. The second-order valence-corrected chi connectivity index (χ2v) is 3.78. The molecule has 15 heavy (non-hydrogen) atoms. The molecule has 0 atom stereocenters. The first-order valence-corrected chi connectivity index (χ1v) is 5.24. The lowest BCUT2D eigenvalue weighted by Gasteiger charge is -2.11. The van der Waals surface area contributed by atoms with Crippen molar-refractivity contribution in [1.82, 2.24) is 5.32 Å². The largest absolute Gasteiger partial charge is 0.491 e. The number of aryl methyl sites for hydroxylation is 1. The van der Waals surface area contributed by atoms with E-state index in [1.165, 1.54) is 11.1 Å². The molecule has 1 aromatic rings. The average Bonchev–Trinajstić information content (AvgIpc) is 2.18. The molecule has 3 nitrogen and oxygen atoms in total. The Hall–Kier alpha value is -1.29. The number of hydrogen-bond acceptors (Lipinski definition) is 2. The maximum atomic E-state index is 5.59. The lowest BCUT2D eigenvalue weighted by atomic mass is 10.1. The van der Waals surface area contributed by atoms with Crippen LogP contribution < -0.4 is 15.8 Å². The molecule has 0 aliphatic heterocycles. The molecule has 0 radical (unpaired) electrons. The molecular formula is C11H16N2OS. The topological polar surface area (TPSA) is 47.3 Å². The highest BCUT2D eigenvalue weighted by atomic mass is 32.1. The van der Waals surface area contributed by atoms with E-state index in [9.17, 15) is 0 Å². The summed E-state index contributed by atoms with van der Waals surface area (Å²) in [7, 11) is 0. The highest BCUT2D eigenvalue weighted by Gasteiger charge is 2.00. The lowest BCUT2D eigenvalue weighted by Crippen LogP contribution is -2.32. The van der Waals surface area contributed by atoms with E-state index < -0.39 is 0 Å². The molecule has 82 valence electrons. The molecule has 1 rings (SSSR count). The standard InChI is InChI=1S/C11H16N2OS/c1-8-4-3-5-10(9(8)2)14-7-6-13-11(12)15/h3-5H,6-7H2,1-2H3,(H3,12,13,15). The summed E-state index contributed by atoms with van der Waals surface area (Å²) in [5, 5.41) is 3.14. The van der Waals surface area contributed by atoms with E-state index in [-0.39, 0.29) is 0 Å². The third-order valence-corrected chi connectivity index (χ3v) is 2.36. The predicted molar refractivity (Wildman–Crippen MR) is 66.2 cm³/mol. The first-order chi connectivity index (χ1) is 7.11. The number of thiocarbonyl (C=S) groups is 1. The van der Waals surface area contributed by atoms with Crippen molar-refractivity contribution in [2.45, 2.75) is 13.8 Å². The van der Waals surface area contributed by atoms with Crippen LogP contribution >= 0.6 is 12.2 Å². The average molecular weight is 224 g/mol. The zero-order chi connectivity index (χ0) is 11.3. The summed E-state index contributed by atoms with van der Waals surface area (Å²) in [6, 6.07) is 6.01. The van der Waals surface area contributed by atoms with Gasteiger partial charge >= 0.3 is 0 Å². The Labute approximate surface area is 95.6 Å². The van der Waals surface area contributed by atoms with Crippen LogP contribution in [0, 0.1) is 13.8 Å². The van der Waals surface area contributed by atoms with Crippen LogP contribution in [-0.4, -0.2) is 18.3 Å². The molecule has 0 saturated heterocycles. The zero-order valence-electron chi connectivity index (χ0n) is 9.04. The molecule has 4 heteroatoms. The van der Waals surface area contributed by atoms with E-state index in [0.717, 1.165) is 5.75 Å². The van der Waals surface area contributed by atoms with Gasteiger partial charge in [-0.15, -0.1) is 0 Å². The van der Waals surface area contributed by atoms with Crippen LogP contribution in [0.25, 0.3) is 0 Å². The van der Waals surface area contributed by atoms with Crippen molar-refractivity contribution in [3.05, 3.63) is 29.3 Å². The minimum absolute atomic E-state index is 0.305. The van der Waals surface area contributed by atoms with Gasteiger partial charge in [-0.3, -0.25) is 0 Å². The Morgan fingerprint density at radius 3 is 2.87 bits per heavy atom. The first-order valence-electron chi connectivity index (χ1n) is 4.83. The van der Waals surface area contributed by atoms with Crippen LogP contribution in [0.1, 0.15) is 11.1 Å². The van der Waals surface area contributed by atoms with Crippen molar-refractivity contribution in [1.29, 1.82) is 0 Å². The van der Waals surface area contributed by atoms with E-state index in [0.29, 0.717) is 18.3 Å².